The molecule has 4 aliphatic heterocycles. The maximum absolute atomic E-state index is 14.5. The first-order chi connectivity index (χ1) is 20.3. The van der Waals surface area contributed by atoms with Gasteiger partial charge in [-0.05, 0) is 75.5 Å². The number of fused-ring (bicyclic) bond motifs is 3. The average molecular weight is 580 g/mol. The zero-order valence-corrected chi connectivity index (χ0v) is 24.6. The number of piperazine rings is 1. The number of hydrogen-bond donors (Lipinski definition) is 2. The number of halogens is 1. The summed E-state index contributed by atoms with van der Waals surface area (Å²) in [5, 5.41) is 16.9. The van der Waals surface area contributed by atoms with Crippen LogP contribution in [-0.4, -0.2) is 104 Å². The summed E-state index contributed by atoms with van der Waals surface area (Å²) in [4.78, 5) is 34.5. The summed E-state index contributed by atoms with van der Waals surface area (Å²) in [5.41, 5.74) is 0.780. The number of rotatable bonds is 6. The SMILES string of the molecule is C=CC(=O)N1CCN(C2NC(OC[C@H]3CCCN3C)NC3C[C@@]4(CCC32)C(=O)N(C)c2ccc(F)cc24)C[C@H]1CC#N. The van der Waals surface area contributed by atoms with Crippen LogP contribution in [0, 0.1) is 23.1 Å². The van der Waals surface area contributed by atoms with Crippen molar-refractivity contribution in [2.24, 2.45) is 5.92 Å². The molecule has 4 fully saturated rings. The number of carbonyl (C=O) groups is 2. The third-order valence-corrected chi connectivity index (χ3v) is 10.5. The van der Waals surface area contributed by atoms with Gasteiger partial charge in [0.2, 0.25) is 11.8 Å². The van der Waals surface area contributed by atoms with Crippen molar-refractivity contribution in [2.45, 2.75) is 74.6 Å². The molecule has 1 saturated carbocycles. The highest BCUT2D eigenvalue weighted by Crippen LogP contribution is 2.52. The lowest BCUT2D eigenvalue weighted by Gasteiger charge is -2.54. The summed E-state index contributed by atoms with van der Waals surface area (Å²) in [6.07, 6.45) is 5.27. The van der Waals surface area contributed by atoms with E-state index in [2.05, 4.69) is 40.1 Å². The van der Waals surface area contributed by atoms with E-state index in [0.29, 0.717) is 45.1 Å². The highest BCUT2D eigenvalue weighted by molar-refractivity contribution is 6.07. The monoisotopic (exact) mass is 579 g/mol. The summed E-state index contributed by atoms with van der Waals surface area (Å²) in [6.45, 7) is 7.03. The van der Waals surface area contributed by atoms with Crippen molar-refractivity contribution in [2.75, 3.05) is 51.8 Å². The first kappa shape index (κ1) is 29.2. The molecular weight excluding hydrogens is 537 g/mol. The van der Waals surface area contributed by atoms with Crippen molar-refractivity contribution in [3.8, 4) is 6.07 Å². The molecule has 1 spiro atoms. The standard InChI is InChI=1S/C31H42FN7O3/c1-4-27(40)39-15-14-38(18-21(39)10-12-33)28-23-9-11-31(24-16-20(32)7-8-26(24)37(3)29(31)41)17-25(23)34-30(35-28)42-19-22-6-5-13-36(22)2/h4,7-8,16,21-23,25,28,30,34-35H,1,5-6,9-11,13-15,17-19H2,2-3H3/t21-,22-,23?,25?,28?,30?,31-/m1/s1. The minimum atomic E-state index is -0.781. The fourth-order valence-corrected chi connectivity index (χ4v) is 8.18. The number of hydrogen-bond acceptors (Lipinski definition) is 8. The molecule has 1 aliphatic carbocycles. The Labute approximate surface area is 247 Å². The Morgan fingerprint density at radius 2 is 2.07 bits per heavy atom. The Kier molecular flexibility index (Phi) is 8.11. The Morgan fingerprint density at radius 1 is 1.24 bits per heavy atom. The van der Waals surface area contributed by atoms with Crippen LogP contribution in [0.2, 0.25) is 0 Å². The summed E-state index contributed by atoms with van der Waals surface area (Å²) < 4.78 is 21.0. The van der Waals surface area contributed by atoms with Gasteiger partial charge in [0.1, 0.15) is 5.82 Å². The zero-order valence-electron chi connectivity index (χ0n) is 24.6. The van der Waals surface area contributed by atoms with Gasteiger partial charge in [-0.25, -0.2) is 4.39 Å². The Hall–Kier alpha value is -2.88. The van der Waals surface area contributed by atoms with Gasteiger partial charge in [0.15, 0.2) is 6.35 Å². The highest BCUT2D eigenvalue weighted by atomic mass is 19.1. The predicted molar refractivity (Wildman–Crippen MR) is 156 cm³/mol. The molecule has 4 unspecified atom stereocenters. The second-order valence-electron chi connectivity index (χ2n) is 12.6. The molecule has 10 nitrogen and oxygen atoms in total. The van der Waals surface area contributed by atoms with Crippen molar-refractivity contribution >= 4 is 17.5 Å². The third-order valence-electron chi connectivity index (χ3n) is 10.5. The van der Waals surface area contributed by atoms with E-state index in [9.17, 15) is 19.2 Å². The average Bonchev–Trinajstić information content (AvgIpc) is 3.49. The summed E-state index contributed by atoms with van der Waals surface area (Å²) in [7, 11) is 3.91. The van der Waals surface area contributed by atoms with Gasteiger partial charge < -0.3 is 19.4 Å². The van der Waals surface area contributed by atoms with Gasteiger partial charge >= 0.3 is 0 Å². The molecule has 0 aromatic heterocycles. The van der Waals surface area contributed by atoms with Crippen molar-refractivity contribution in [1.29, 1.82) is 5.26 Å². The van der Waals surface area contributed by atoms with E-state index in [0.717, 1.165) is 37.1 Å². The molecule has 11 heteroatoms. The molecule has 0 radical (unpaired) electrons. The number of benzene rings is 1. The zero-order chi connectivity index (χ0) is 29.6. The molecule has 7 atom stereocenters. The highest BCUT2D eigenvalue weighted by Gasteiger charge is 2.57. The Bertz CT molecular complexity index is 1270. The lowest BCUT2D eigenvalue weighted by Crippen LogP contribution is -2.73. The minimum absolute atomic E-state index is 0.0223. The quantitative estimate of drug-likeness (QED) is 0.492. The molecule has 2 N–H and O–H groups in total. The fraction of sp³-hybridized carbons (Fsp3) is 0.645. The van der Waals surface area contributed by atoms with Crippen molar-refractivity contribution in [1.82, 2.24) is 25.3 Å². The van der Waals surface area contributed by atoms with Crippen LogP contribution in [0.15, 0.2) is 30.9 Å². The molecular formula is C31H42FN7O3. The van der Waals surface area contributed by atoms with E-state index in [4.69, 9.17) is 4.74 Å². The molecule has 1 aromatic carbocycles. The van der Waals surface area contributed by atoms with Crippen LogP contribution in [0.4, 0.5) is 10.1 Å². The smallest absolute Gasteiger partial charge is 0.246 e. The molecule has 4 heterocycles. The van der Waals surface area contributed by atoms with E-state index in [1.165, 1.54) is 12.1 Å². The Morgan fingerprint density at radius 3 is 2.81 bits per heavy atom. The van der Waals surface area contributed by atoms with Gasteiger partial charge in [0.25, 0.3) is 0 Å². The van der Waals surface area contributed by atoms with E-state index >= 15 is 0 Å². The van der Waals surface area contributed by atoms with Gasteiger partial charge in [0, 0.05) is 50.4 Å². The van der Waals surface area contributed by atoms with Gasteiger partial charge in [0.05, 0.1) is 36.7 Å². The number of ether oxygens (including phenoxy) is 1. The van der Waals surface area contributed by atoms with Gasteiger partial charge in [-0.3, -0.25) is 25.1 Å². The van der Waals surface area contributed by atoms with E-state index in [-0.39, 0.29) is 48.2 Å². The number of nitrogens with zero attached hydrogens (tertiary/aromatic N) is 5. The number of likely N-dealkylation sites (N-methyl/N-ethyl adjacent to an activating group) is 2. The van der Waals surface area contributed by atoms with Crippen LogP contribution >= 0.6 is 0 Å². The van der Waals surface area contributed by atoms with Gasteiger partial charge in [-0.1, -0.05) is 6.58 Å². The third kappa shape index (κ3) is 5.03. The number of likely N-dealkylation sites (tertiary alicyclic amines) is 1. The molecule has 6 rings (SSSR count). The van der Waals surface area contributed by atoms with Crippen LogP contribution in [-0.2, 0) is 19.7 Å². The van der Waals surface area contributed by atoms with Crippen LogP contribution in [0.25, 0.3) is 0 Å². The fourth-order valence-electron chi connectivity index (χ4n) is 8.18. The van der Waals surface area contributed by atoms with Gasteiger partial charge in [-0.15, -0.1) is 0 Å². The lowest BCUT2D eigenvalue weighted by atomic mass is 9.63. The van der Waals surface area contributed by atoms with Crippen molar-refractivity contribution in [3.05, 3.63) is 42.2 Å². The maximum Gasteiger partial charge on any atom is 0.246 e. The summed E-state index contributed by atoms with van der Waals surface area (Å²) in [5.74, 6) is -0.298. The predicted octanol–water partition coefficient (Wildman–Crippen LogP) is 1.73. The Balaban J connectivity index is 1.27. The van der Waals surface area contributed by atoms with Crippen molar-refractivity contribution in [3.63, 3.8) is 0 Å². The molecule has 2 amide bonds. The molecule has 42 heavy (non-hydrogen) atoms. The van der Waals surface area contributed by atoms with Crippen LogP contribution in [0.1, 0.15) is 44.1 Å². The minimum Gasteiger partial charge on any atom is -0.348 e. The number of nitriles is 1. The number of amides is 2. The lowest BCUT2D eigenvalue weighted by molar-refractivity contribution is -0.137. The second kappa shape index (κ2) is 11.7. The normalized spacial score (nSPS) is 35.2. The topological polar surface area (TPSA) is 104 Å². The first-order valence-electron chi connectivity index (χ1n) is 15.2. The van der Waals surface area contributed by atoms with Crippen molar-refractivity contribution < 1.29 is 18.7 Å². The maximum atomic E-state index is 14.5. The number of anilines is 1. The number of carbonyl (C=O) groups excluding carboxylic acids is 2. The van der Waals surface area contributed by atoms with Gasteiger partial charge in [-0.2, -0.15) is 5.26 Å². The largest absolute Gasteiger partial charge is 0.348 e. The summed E-state index contributed by atoms with van der Waals surface area (Å²) >= 11 is 0. The number of nitrogens with one attached hydrogen (secondary N) is 2. The van der Waals surface area contributed by atoms with E-state index in [1.54, 1.807) is 29.0 Å². The molecule has 3 saturated heterocycles. The molecule has 1 aromatic rings. The first-order valence-corrected chi connectivity index (χ1v) is 15.2. The summed E-state index contributed by atoms with van der Waals surface area (Å²) in [6, 6.07) is 7.01. The molecule has 0 bridgehead atoms. The van der Waals surface area contributed by atoms with Crippen LogP contribution < -0.4 is 15.5 Å². The van der Waals surface area contributed by atoms with E-state index in [1.807, 2.05) is 0 Å². The molecule has 226 valence electrons. The van der Waals surface area contributed by atoms with E-state index < -0.39 is 11.8 Å². The second-order valence-corrected chi connectivity index (χ2v) is 12.6. The molecule has 5 aliphatic rings. The van der Waals surface area contributed by atoms with Crippen LogP contribution in [0.3, 0.4) is 0 Å². The van der Waals surface area contributed by atoms with Crippen LogP contribution in [0.5, 0.6) is 0 Å².